The molecule has 3 amide bonds. The zero-order chi connectivity index (χ0) is 41.1. The number of nitrogens with one attached hydrogen (secondary N) is 1. The van der Waals surface area contributed by atoms with E-state index in [1.54, 1.807) is 38.1 Å². The maximum atomic E-state index is 14.4. The van der Waals surface area contributed by atoms with Gasteiger partial charge in [-0.2, -0.15) is 0 Å². The number of hydrogen-bond acceptors (Lipinski definition) is 12. The van der Waals surface area contributed by atoms with E-state index >= 15 is 0 Å². The molecule has 304 valence electrons. The second kappa shape index (κ2) is 20.4. The molecule has 0 aromatic heterocycles. The Hall–Kier alpha value is -4.25. The Labute approximate surface area is 318 Å². The molecule has 1 aliphatic rings. The topological polar surface area (TPSA) is 211 Å². The Kier molecular flexibility index (Phi) is 17.4. The summed E-state index contributed by atoms with van der Waals surface area (Å²) in [6.07, 6.45) is -3.34. The number of amides is 3. The quantitative estimate of drug-likeness (QED) is 0.175. The van der Waals surface area contributed by atoms with Crippen molar-refractivity contribution in [2.45, 2.75) is 104 Å². The average molecular weight is 784 g/mol. The molecular weight excluding hydrogens is 724 g/mol. The Morgan fingerprint density at radius 1 is 0.759 bits per heavy atom. The first-order chi connectivity index (χ1) is 25.2. The number of hydrogen-bond donors (Lipinski definition) is 2. The van der Waals surface area contributed by atoms with Gasteiger partial charge in [-0.05, 0) is 43.4 Å². The first-order valence-corrected chi connectivity index (χ1v) is 20.1. The fraction of sp³-hybridized carbons (Fsp3) is 0.676. The zero-order valence-electron chi connectivity index (χ0n) is 33.1. The van der Waals surface area contributed by atoms with E-state index in [1.807, 2.05) is 13.8 Å². The summed E-state index contributed by atoms with van der Waals surface area (Å²) in [7, 11) is 0.744. The molecule has 0 bridgehead atoms. The van der Waals surface area contributed by atoms with Gasteiger partial charge in [0, 0.05) is 46.7 Å². The van der Waals surface area contributed by atoms with E-state index in [9.17, 15) is 37.2 Å². The normalized spacial score (nSPS) is 25.6. The minimum absolute atomic E-state index is 0.0996. The van der Waals surface area contributed by atoms with E-state index in [1.165, 1.54) is 41.9 Å². The van der Waals surface area contributed by atoms with Gasteiger partial charge in [0.2, 0.25) is 0 Å². The van der Waals surface area contributed by atoms with Crippen LogP contribution in [0.15, 0.2) is 24.3 Å². The van der Waals surface area contributed by atoms with E-state index in [4.69, 9.17) is 19.3 Å². The van der Waals surface area contributed by atoms with Crippen LogP contribution in [-0.4, -0.2) is 151 Å². The number of anilines is 1. The van der Waals surface area contributed by atoms with Gasteiger partial charge in [-0.15, -0.1) is 0 Å². The lowest BCUT2D eigenvalue weighted by Gasteiger charge is -2.36. The number of cyclic esters (lactones) is 3. The third-order valence-corrected chi connectivity index (χ3v) is 11.6. The summed E-state index contributed by atoms with van der Waals surface area (Å²) < 4.78 is 41.1. The van der Waals surface area contributed by atoms with Crippen LogP contribution in [0.1, 0.15) is 66.9 Å². The first kappa shape index (κ1) is 45.9. The lowest BCUT2D eigenvalue weighted by atomic mass is 9.96. The summed E-state index contributed by atoms with van der Waals surface area (Å²) in [5.41, 5.74) is 1.15. The summed E-state index contributed by atoms with van der Waals surface area (Å²) in [5.74, 6) is -5.86. The fourth-order valence-corrected chi connectivity index (χ4v) is 6.90. The third kappa shape index (κ3) is 12.1. The summed E-state index contributed by atoms with van der Waals surface area (Å²) in [6.45, 7) is 11.0. The number of carbonyl (C=O) groups excluding carboxylic acids is 6. The van der Waals surface area contributed by atoms with E-state index in [2.05, 4.69) is 5.32 Å². The Bertz CT molecular complexity index is 1580. The molecule has 1 aromatic carbocycles. The molecule has 17 heteroatoms. The van der Waals surface area contributed by atoms with Crippen molar-refractivity contribution in [2.24, 2.45) is 11.8 Å². The molecule has 3 N–H and O–H groups in total. The third-order valence-electron chi connectivity index (χ3n) is 10.0. The van der Waals surface area contributed by atoms with Crippen molar-refractivity contribution < 1.29 is 56.5 Å². The average Bonchev–Trinajstić information content (AvgIpc) is 3.12. The molecule has 2 rings (SSSR count). The van der Waals surface area contributed by atoms with Crippen LogP contribution in [0.4, 0.5) is 5.69 Å². The van der Waals surface area contributed by atoms with Crippen molar-refractivity contribution in [3.05, 3.63) is 29.8 Å². The number of aliphatic hydroxyl groups is 1. The minimum atomic E-state index is -3.43. The molecule has 54 heavy (non-hydrogen) atoms. The van der Waals surface area contributed by atoms with E-state index < -0.39 is 100 Å². The second-order valence-corrected chi connectivity index (χ2v) is 16.3. The lowest BCUT2D eigenvalue weighted by molar-refractivity contribution is -0.174. The Morgan fingerprint density at radius 3 is 1.76 bits per heavy atom. The number of benzene rings is 1. The molecule has 1 aromatic rings. The van der Waals surface area contributed by atoms with E-state index in [0.717, 1.165) is 14.7 Å². The van der Waals surface area contributed by atoms with Crippen LogP contribution < -0.4 is 5.32 Å². The number of nitrogens with zero attached hydrogens (tertiary/aromatic N) is 3. The van der Waals surface area contributed by atoms with Crippen LogP contribution in [0.25, 0.3) is 0 Å². The molecule has 0 radical (unpaired) electrons. The predicted molar refractivity (Wildman–Crippen MR) is 202 cm³/mol. The van der Waals surface area contributed by atoms with Gasteiger partial charge in [-0.3, -0.25) is 14.4 Å². The smallest absolute Gasteiger partial charge is 0.451 e. The highest BCUT2D eigenvalue weighted by Gasteiger charge is 2.44. The first-order valence-electron chi connectivity index (χ1n) is 18.3. The van der Waals surface area contributed by atoms with Crippen molar-refractivity contribution in [1.29, 1.82) is 0 Å². The van der Waals surface area contributed by atoms with Crippen LogP contribution >= 0.6 is 0 Å². The van der Waals surface area contributed by atoms with E-state index in [-0.39, 0.29) is 24.5 Å². The Morgan fingerprint density at radius 2 is 1.24 bits per heavy atom. The molecule has 0 saturated carbocycles. The zero-order valence-corrected chi connectivity index (χ0v) is 33.9. The molecule has 1 saturated heterocycles. The minimum Gasteiger partial charge on any atom is -0.451 e. The Balaban J connectivity index is 2.61. The molecule has 0 spiro atoms. The molecule has 0 aliphatic carbocycles. The van der Waals surface area contributed by atoms with Gasteiger partial charge >= 0.3 is 17.9 Å². The lowest BCUT2D eigenvalue weighted by Crippen LogP contribution is -2.56. The van der Waals surface area contributed by atoms with Crippen molar-refractivity contribution in [2.75, 3.05) is 51.1 Å². The van der Waals surface area contributed by atoms with Crippen LogP contribution in [0.5, 0.6) is 0 Å². The summed E-state index contributed by atoms with van der Waals surface area (Å²) in [5, 5.41) is 12.0. The van der Waals surface area contributed by atoms with E-state index in [0.29, 0.717) is 24.1 Å². The predicted octanol–water partition coefficient (Wildman–Crippen LogP) is 1.41. The highest BCUT2D eigenvalue weighted by Crippen LogP contribution is 2.23. The number of likely N-dealkylation sites (N-methyl/N-ethyl adjacent to an activating group) is 3. The van der Waals surface area contributed by atoms with Gasteiger partial charge in [0.15, 0.2) is 28.1 Å². The van der Waals surface area contributed by atoms with Gasteiger partial charge in [-0.1, -0.05) is 52.7 Å². The van der Waals surface area contributed by atoms with Crippen LogP contribution in [-0.2, 0) is 54.4 Å². The number of aliphatic hydroxyl groups excluding tert-OH is 1. The van der Waals surface area contributed by atoms with Gasteiger partial charge in [0.05, 0.1) is 18.1 Å². The highest BCUT2D eigenvalue weighted by atomic mass is 32.2. The molecule has 16 nitrogen and oxygen atoms in total. The van der Waals surface area contributed by atoms with Gasteiger partial charge in [0.1, 0.15) is 12.1 Å². The standard InChI is InChI=1S/C37H58N4O12S/c1-11-22(3)30-36(47)52-25(6)32(43)39(8)24(5)35(46)51-26(7)33(44)40(9)31(23(4)12-2)37(48)53-29(34(45)41(30)10)21-27-13-15-28(16-14-27)38-17-19-54(49,50)20-18-42/h13-16,22-26,29-31,38,42H,11-12,17-21H2,1-10H3/p+1/t22?,23?,24-,25+,26+,29+,30-,31-/m0/s1. The molecule has 1 aliphatic heterocycles. The van der Waals surface area contributed by atoms with Gasteiger partial charge in [0.25, 0.3) is 23.8 Å². The number of rotatable bonds is 12. The fourth-order valence-electron chi connectivity index (χ4n) is 6.00. The molecule has 2 unspecified atom stereocenters. The number of ether oxygens (including phenoxy) is 3. The van der Waals surface area contributed by atoms with Crippen molar-refractivity contribution in [1.82, 2.24) is 14.7 Å². The number of esters is 3. The summed E-state index contributed by atoms with van der Waals surface area (Å²) in [4.78, 5) is 83.4. The van der Waals surface area contributed by atoms with Crippen LogP contribution in [0.2, 0.25) is 0 Å². The van der Waals surface area contributed by atoms with Crippen LogP contribution in [0, 0.1) is 11.8 Å². The van der Waals surface area contributed by atoms with Gasteiger partial charge in [-0.25, -0.2) is 18.0 Å². The summed E-state index contributed by atoms with van der Waals surface area (Å²) in [6, 6.07) is 3.26. The number of sulfone groups is 1. The largest absolute Gasteiger partial charge is 0.506 e. The SMILES string of the molecule is CCC(C)[C@H]1C(=O)O[C@H](Cc2ccc(NCCS(=O)(=O)CCO)cc2)C(=O)N(C)[C@@H](C(C)CC)C(=O)O[C@H](C)C(=O)N(C)[C@@H](C)C(=[OH+])O[C@H](C)C(=O)N1C. The maximum absolute atomic E-state index is 14.4. The highest BCUT2D eigenvalue weighted by molar-refractivity contribution is 7.91. The monoisotopic (exact) mass is 783 g/mol. The molecule has 1 heterocycles. The maximum Gasteiger partial charge on any atom is 0.506 e. The van der Waals surface area contributed by atoms with Crippen molar-refractivity contribution in [3.63, 3.8) is 0 Å². The second-order valence-electron chi connectivity index (χ2n) is 14.0. The summed E-state index contributed by atoms with van der Waals surface area (Å²) >= 11 is 0. The van der Waals surface area contributed by atoms with Crippen molar-refractivity contribution >= 4 is 51.2 Å². The van der Waals surface area contributed by atoms with Crippen LogP contribution in [0.3, 0.4) is 0 Å². The molecule has 8 atom stereocenters. The van der Waals surface area contributed by atoms with Gasteiger partial charge < -0.3 is 44.1 Å². The number of carbonyl (C=O) groups is 5. The molecule has 1 fully saturated rings. The molecular formula is C37H59N4O12S+. The van der Waals surface area contributed by atoms with Crippen molar-refractivity contribution in [3.8, 4) is 0 Å².